The Morgan fingerprint density at radius 2 is 1.48 bits per heavy atom. The lowest BCUT2D eigenvalue weighted by atomic mass is 10.0. The molecule has 7 heteroatoms. The second kappa shape index (κ2) is 8.70. The highest BCUT2D eigenvalue weighted by molar-refractivity contribution is 6.46. The highest BCUT2D eigenvalue weighted by Crippen LogP contribution is 2.34. The number of amides is 2. The van der Waals surface area contributed by atoms with E-state index in [1.54, 1.807) is 12.1 Å². The van der Waals surface area contributed by atoms with Crippen molar-refractivity contribution >= 4 is 34.4 Å². The highest BCUT2D eigenvalue weighted by Gasteiger charge is 2.40. The van der Waals surface area contributed by atoms with Crippen LogP contribution >= 0.6 is 0 Å². The number of carbonyl (C=O) groups excluding carboxylic acids is 2. The lowest BCUT2D eigenvalue weighted by Crippen LogP contribution is -2.32. The first kappa shape index (κ1) is 22.0. The maximum atomic E-state index is 13.5. The minimum absolute atomic E-state index is 0.0908. The standard InChI is InChI=1S/C26H23N3O4/c1-4-18-5-9-21(10-6-18)28-25(30)23(19-7-11-22(12-8-19)29(32)33)24(26(28)31)27-20-14-16(2)13-17(3)15-20/h5-15,27H,4H2,1-3H3. The van der Waals surface area contributed by atoms with Gasteiger partial charge in [0.1, 0.15) is 5.70 Å². The molecule has 0 spiro atoms. The van der Waals surface area contributed by atoms with Crippen molar-refractivity contribution < 1.29 is 14.5 Å². The van der Waals surface area contributed by atoms with Gasteiger partial charge in [0.05, 0.1) is 16.2 Å². The van der Waals surface area contributed by atoms with Gasteiger partial charge in [-0.15, -0.1) is 0 Å². The van der Waals surface area contributed by atoms with Gasteiger partial charge in [0.15, 0.2) is 0 Å². The molecule has 3 aromatic rings. The van der Waals surface area contributed by atoms with Crippen molar-refractivity contribution in [2.45, 2.75) is 27.2 Å². The van der Waals surface area contributed by atoms with Crippen LogP contribution in [0.3, 0.4) is 0 Å². The van der Waals surface area contributed by atoms with Crippen LogP contribution in [0.25, 0.3) is 5.57 Å². The number of nitro groups is 1. The quantitative estimate of drug-likeness (QED) is 0.324. The van der Waals surface area contributed by atoms with E-state index in [0.29, 0.717) is 16.9 Å². The molecule has 2 amide bonds. The Kier molecular flexibility index (Phi) is 5.79. The third-order valence-corrected chi connectivity index (χ3v) is 5.54. The SMILES string of the molecule is CCc1ccc(N2C(=O)C(Nc3cc(C)cc(C)c3)=C(c3ccc([N+](=O)[O-])cc3)C2=O)cc1. The van der Waals surface area contributed by atoms with Gasteiger partial charge in [0, 0.05) is 17.8 Å². The molecule has 0 bridgehead atoms. The fourth-order valence-electron chi connectivity index (χ4n) is 3.97. The van der Waals surface area contributed by atoms with E-state index in [0.717, 1.165) is 28.0 Å². The van der Waals surface area contributed by atoms with Crippen LogP contribution in [0.2, 0.25) is 0 Å². The van der Waals surface area contributed by atoms with Gasteiger partial charge in [-0.05, 0) is 78.9 Å². The summed E-state index contributed by atoms with van der Waals surface area (Å²) in [4.78, 5) is 38.7. The summed E-state index contributed by atoms with van der Waals surface area (Å²) < 4.78 is 0. The number of imide groups is 1. The number of hydrogen-bond donors (Lipinski definition) is 1. The minimum atomic E-state index is -0.504. The van der Waals surface area contributed by atoms with Gasteiger partial charge in [0.2, 0.25) is 0 Å². The van der Waals surface area contributed by atoms with E-state index in [4.69, 9.17) is 0 Å². The number of benzene rings is 3. The second-order valence-electron chi connectivity index (χ2n) is 8.02. The molecule has 0 aliphatic carbocycles. The zero-order chi connectivity index (χ0) is 23.7. The Bertz CT molecular complexity index is 1270. The Morgan fingerprint density at radius 1 is 0.879 bits per heavy atom. The van der Waals surface area contributed by atoms with Crippen molar-refractivity contribution in [3.63, 3.8) is 0 Å². The van der Waals surface area contributed by atoms with Crippen LogP contribution in [0.4, 0.5) is 17.1 Å². The van der Waals surface area contributed by atoms with Gasteiger partial charge in [-0.2, -0.15) is 0 Å². The molecule has 0 fully saturated rings. The molecule has 0 unspecified atom stereocenters. The summed E-state index contributed by atoms with van der Waals surface area (Å²) in [6.45, 7) is 5.93. The fraction of sp³-hybridized carbons (Fsp3) is 0.154. The van der Waals surface area contributed by atoms with Gasteiger partial charge >= 0.3 is 0 Å². The summed E-state index contributed by atoms with van der Waals surface area (Å²) >= 11 is 0. The molecule has 0 atom stereocenters. The average molecular weight is 441 g/mol. The van der Waals surface area contributed by atoms with Gasteiger partial charge in [-0.3, -0.25) is 19.7 Å². The molecule has 3 aromatic carbocycles. The van der Waals surface area contributed by atoms with E-state index in [1.165, 1.54) is 24.3 Å². The first-order valence-electron chi connectivity index (χ1n) is 10.6. The molecule has 1 heterocycles. The molecule has 0 aromatic heterocycles. The smallest absolute Gasteiger partial charge is 0.282 e. The first-order valence-corrected chi connectivity index (χ1v) is 10.6. The topological polar surface area (TPSA) is 92.6 Å². The maximum absolute atomic E-state index is 13.5. The Balaban J connectivity index is 1.81. The molecular formula is C26H23N3O4. The average Bonchev–Trinajstić information content (AvgIpc) is 3.02. The molecule has 4 rings (SSSR count). The summed E-state index contributed by atoms with van der Waals surface area (Å²) in [7, 11) is 0. The van der Waals surface area contributed by atoms with E-state index >= 15 is 0 Å². The first-order chi connectivity index (χ1) is 15.8. The summed E-state index contributed by atoms with van der Waals surface area (Å²) in [6, 6.07) is 18.7. The van der Waals surface area contributed by atoms with E-state index in [1.807, 2.05) is 51.1 Å². The molecule has 166 valence electrons. The molecule has 33 heavy (non-hydrogen) atoms. The van der Waals surface area contributed by atoms with Crippen molar-refractivity contribution in [2.24, 2.45) is 0 Å². The zero-order valence-electron chi connectivity index (χ0n) is 18.6. The van der Waals surface area contributed by atoms with Crippen molar-refractivity contribution in [1.29, 1.82) is 0 Å². The molecule has 0 radical (unpaired) electrons. The monoisotopic (exact) mass is 441 g/mol. The van der Waals surface area contributed by atoms with Gasteiger partial charge in [-0.1, -0.05) is 25.1 Å². The number of nitrogens with zero attached hydrogens (tertiary/aromatic N) is 2. The van der Waals surface area contributed by atoms with E-state index < -0.39 is 16.7 Å². The van der Waals surface area contributed by atoms with Gasteiger partial charge in [-0.25, -0.2) is 4.90 Å². The van der Waals surface area contributed by atoms with Gasteiger partial charge in [0.25, 0.3) is 17.5 Å². The summed E-state index contributed by atoms with van der Waals surface area (Å²) in [5.41, 5.74) is 4.93. The number of nitrogens with one attached hydrogen (secondary N) is 1. The largest absolute Gasteiger partial charge is 0.350 e. The van der Waals surface area contributed by atoms with E-state index in [2.05, 4.69) is 5.32 Å². The zero-order valence-corrected chi connectivity index (χ0v) is 18.6. The number of nitro benzene ring substituents is 1. The number of rotatable bonds is 6. The normalized spacial score (nSPS) is 13.6. The highest BCUT2D eigenvalue weighted by atomic mass is 16.6. The molecule has 1 aliphatic rings. The van der Waals surface area contributed by atoms with E-state index in [9.17, 15) is 19.7 Å². The Morgan fingerprint density at radius 3 is 2.03 bits per heavy atom. The van der Waals surface area contributed by atoms with E-state index in [-0.39, 0.29) is 17.0 Å². The summed E-state index contributed by atoms with van der Waals surface area (Å²) in [5, 5.41) is 14.2. The van der Waals surface area contributed by atoms with Crippen LogP contribution in [0.15, 0.2) is 72.4 Å². The van der Waals surface area contributed by atoms with Crippen LogP contribution < -0.4 is 10.2 Å². The second-order valence-corrected chi connectivity index (χ2v) is 8.02. The van der Waals surface area contributed by atoms with Crippen molar-refractivity contribution in [3.8, 4) is 0 Å². The molecule has 0 saturated carbocycles. The van der Waals surface area contributed by atoms with Crippen LogP contribution in [0.1, 0.15) is 29.2 Å². The van der Waals surface area contributed by atoms with Crippen LogP contribution in [0, 0.1) is 24.0 Å². The summed E-state index contributed by atoms with van der Waals surface area (Å²) in [6.07, 6.45) is 0.841. The van der Waals surface area contributed by atoms with Crippen LogP contribution in [0.5, 0.6) is 0 Å². The summed E-state index contributed by atoms with van der Waals surface area (Å²) in [5.74, 6) is -0.957. The van der Waals surface area contributed by atoms with Crippen LogP contribution in [-0.2, 0) is 16.0 Å². The van der Waals surface area contributed by atoms with Crippen molar-refractivity contribution in [1.82, 2.24) is 0 Å². The molecule has 7 nitrogen and oxygen atoms in total. The lowest BCUT2D eigenvalue weighted by molar-refractivity contribution is -0.384. The third-order valence-electron chi connectivity index (χ3n) is 5.54. The predicted molar refractivity (Wildman–Crippen MR) is 128 cm³/mol. The Hall–Kier alpha value is -4.26. The van der Waals surface area contributed by atoms with Gasteiger partial charge < -0.3 is 5.32 Å². The molecular weight excluding hydrogens is 418 g/mol. The van der Waals surface area contributed by atoms with Crippen LogP contribution in [-0.4, -0.2) is 16.7 Å². The number of anilines is 2. The maximum Gasteiger partial charge on any atom is 0.282 e. The predicted octanol–water partition coefficient (Wildman–Crippen LogP) is 5.17. The third kappa shape index (κ3) is 4.25. The number of carbonyl (C=O) groups is 2. The molecule has 1 aliphatic heterocycles. The number of non-ortho nitro benzene ring substituents is 1. The Labute approximate surface area is 191 Å². The number of aryl methyl sites for hydroxylation is 3. The van der Waals surface area contributed by atoms with Crippen molar-refractivity contribution in [2.75, 3.05) is 10.2 Å². The molecule has 1 N–H and O–H groups in total. The molecule has 0 saturated heterocycles. The lowest BCUT2D eigenvalue weighted by Gasteiger charge is -2.16. The van der Waals surface area contributed by atoms with Crippen molar-refractivity contribution in [3.05, 3.63) is 105 Å². The minimum Gasteiger partial charge on any atom is -0.350 e. The number of hydrogen-bond acceptors (Lipinski definition) is 5. The fourth-order valence-corrected chi connectivity index (χ4v) is 3.97.